The Morgan fingerprint density at radius 2 is 1.72 bits per heavy atom. The minimum Gasteiger partial charge on any atom is -0.340 e. The van der Waals surface area contributed by atoms with Gasteiger partial charge in [-0.25, -0.2) is 18.4 Å². The van der Waals surface area contributed by atoms with Crippen LogP contribution >= 0.6 is 0 Å². The van der Waals surface area contributed by atoms with Crippen LogP contribution in [-0.2, 0) is 21.1 Å². The second kappa shape index (κ2) is 7.51. The fraction of sp³-hybridized carbons (Fsp3) is 0.150. The van der Waals surface area contributed by atoms with Gasteiger partial charge in [0, 0.05) is 23.1 Å². The number of hydrogen-bond donors (Lipinski definition) is 3. The zero-order valence-electron chi connectivity index (χ0n) is 15.6. The molecule has 0 radical (unpaired) electrons. The molecule has 4 rings (SSSR count). The molecule has 3 aromatic rings. The topological polar surface area (TPSA) is 113 Å². The van der Waals surface area contributed by atoms with Crippen molar-refractivity contribution in [3.63, 3.8) is 0 Å². The van der Waals surface area contributed by atoms with Crippen LogP contribution in [0.25, 0.3) is 0 Å². The number of sulfone groups is 1. The van der Waals surface area contributed by atoms with Crippen LogP contribution in [0.5, 0.6) is 0 Å². The molecule has 0 fully saturated rings. The number of benzene rings is 2. The highest BCUT2D eigenvalue weighted by Crippen LogP contribution is 2.28. The number of carbonyl (C=O) groups excluding carboxylic acids is 1. The Morgan fingerprint density at radius 1 is 1.00 bits per heavy atom. The predicted octanol–water partition coefficient (Wildman–Crippen LogP) is 3.25. The molecule has 0 unspecified atom stereocenters. The minimum absolute atomic E-state index is 0.0157. The summed E-state index contributed by atoms with van der Waals surface area (Å²) in [6.45, 7) is 1.61. The van der Waals surface area contributed by atoms with E-state index in [1.165, 1.54) is 6.33 Å². The van der Waals surface area contributed by atoms with Crippen molar-refractivity contribution in [1.29, 1.82) is 0 Å². The lowest BCUT2D eigenvalue weighted by Crippen LogP contribution is -2.04. The Labute approximate surface area is 168 Å². The second-order valence-corrected chi connectivity index (χ2v) is 8.84. The fourth-order valence-corrected chi connectivity index (χ4v) is 3.94. The summed E-state index contributed by atoms with van der Waals surface area (Å²) in [6, 6.07) is 14.0. The average Bonchev–Trinajstić information content (AvgIpc) is 3.08. The molecule has 3 N–H and O–H groups in total. The maximum atomic E-state index is 12.1. The van der Waals surface area contributed by atoms with Gasteiger partial charge in [0.1, 0.15) is 18.0 Å². The normalized spacial score (nSPS) is 12.9. The van der Waals surface area contributed by atoms with Crippen molar-refractivity contribution in [3.05, 3.63) is 60.4 Å². The highest BCUT2D eigenvalue weighted by molar-refractivity contribution is 7.91. The first-order valence-electron chi connectivity index (χ1n) is 9.04. The smallest absolute Gasteiger partial charge is 0.228 e. The monoisotopic (exact) mass is 409 g/mol. The molecule has 0 saturated carbocycles. The zero-order valence-corrected chi connectivity index (χ0v) is 16.5. The summed E-state index contributed by atoms with van der Waals surface area (Å²) < 4.78 is 24.1. The first-order chi connectivity index (χ1) is 13.9. The summed E-state index contributed by atoms with van der Waals surface area (Å²) in [5, 5.41) is 9.10. The second-order valence-electron chi connectivity index (χ2n) is 6.57. The Morgan fingerprint density at radius 3 is 2.45 bits per heavy atom. The van der Waals surface area contributed by atoms with Crippen molar-refractivity contribution in [2.75, 3.05) is 21.7 Å². The van der Waals surface area contributed by atoms with E-state index >= 15 is 0 Å². The summed E-state index contributed by atoms with van der Waals surface area (Å²) in [4.78, 5) is 20.2. The highest BCUT2D eigenvalue weighted by Gasteiger charge is 2.17. The van der Waals surface area contributed by atoms with E-state index in [-0.39, 0.29) is 16.6 Å². The van der Waals surface area contributed by atoms with Gasteiger partial charge in [0.05, 0.1) is 17.1 Å². The lowest BCUT2D eigenvalue weighted by molar-refractivity contribution is -0.115. The summed E-state index contributed by atoms with van der Waals surface area (Å²) in [5.74, 6) is 1.10. The molecule has 1 aliphatic heterocycles. The molecular weight excluding hydrogens is 390 g/mol. The number of aromatic nitrogens is 2. The Bertz CT molecular complexity index is 1190. The van der Waals surface area contributed by atoms with E-state index in [1.54, 1.807) is 37.3 Å². The third kappa shape index (κ3) is 4.19. The van der Waals surface area contributed by atoms with E-state index in [1.807, 2.05) is 18.2 Å². The van der Waals surface area contributed by atoms with Crippen molar-refractivity contribution in [3.8, 4) is 0 Å². The molecular formula is C20H19N5O3S. The molecule has 2 aromatic carbocycles. The van der Waals surface area contributed by atoms with E-state index in [9.17, 15) is 13.2 Å². The number of nitrogens with one attached hydrogen (secondary N) is 3. The van der Waals surface area contributed by atoms with Crippen LogP contribution in [0, 0.1) is 0 Å². The molecule has 1 aliphatic rings. The number of fused-ring (bicyclic) bond motifs is 1. The Kier molecular flexibility index (Phi) is 4.89. The van der Waals surface area contributed by atoms with Crippen LogP contribution in [0.3, 0.4) is 0 Å². The quantitative estimate of drug-likeness (QED) is 0.573. The Hall–Kier alpha value is -3.46. The molecule has 0 saturated heterocycles. The zero-order chi connectivity index (χ0) is 20.4. The molecule has 29 heavy (non-hydrogen) atoms. The number of hydrogen-bond acceptors (Lipinski definition) is 7. The van der Waals surface area contributed by atoms with Gasteiger partial charge in [0.25, 0.3) is 0 Å². The first kappa shape index (κ1) is 18.9. The summed E-state index contributed by atoms with van der Waals surface area (Å²) >= 11 is 0. The van der Waals surface area contributed by atoms with Crippen molar-refractivity contribution in [2.45, 2.75) is 18.2 Å². The average molecular weight is 409 g/mol. The van der Waals surface area contributed by atoms with Crippen LogP contribution in [0.1, 0.15) is 12.5 Å². The fourth-order valence-electron chi connectivity index (χ4n) is 3.02. The van der Waals surface area contributed by atoms with Crippen LogP contribution in [0.2, 0.25) is 0 Å². The van der Waals surface area contributed by atoms with E-state index in [0.717, 1.165) is 16.9 Å². The van der Waals surface area contributed by atoms with Gasteiger partial charge in [-0.3, -0.25) is 4.79 Å². The molecule has 9 heteroatoms. The number of rotatable bonds is 6. The van der Waals surface area contributed by atoms with E-state index < -0.39 is 9.84 Å². The molecule has 1 aromatic heterocycles. The molecule has 8 nitrogen and oxygen atoms in total. The predicted molar refractivity (Wildman–Crippen MR) is 112 cm³/mol. The maximum Gasteiger partial charge on any atom is 0.228 e. The summed E-state index contributed by atoms with van der Waals surface area (Å²) in [7, 11) is -3.29. The van der Waals surface area contributed by atoms with Crippen LogP contribution < -0.4 is 16.0 Å². The largest absolute Gasteiger partial charge is 0.340 e. The van der Waals surface area contributed by atoms with Gasteiger partial charge in [-0.15, -0.1) is 0 Å². The third-order valence-corrected chi connectivity index (χ3v) is 6.25. The van der Waals surface area contributed by atoms with Gasteiger partial charge in [-0.05, 0) is 35.9 Å². The first-order valence-corrected chi connectivity index (χ1v) is 10.7. The van der Waals surface area contributed by atoms with E-state index in [0.29, 0.717) is 23.7 Å². The van der Waals surface area contributed by atoms with Gasteiger partial charge in [0.2, 0.25) is 5.91 Å². The number of carbonyl (C=O) groups is 1. The van der Waals surface area contributed by atoms with Crippen molar-refractivity contribution >= 4 is 44.4 Å². The van der Waals surface area contributed by atoms with Crippen LogP contribution in [0.4, 0.5) is 28.7 Å². The molecule has 0 spiro atoms. The van der Waals surface area contributed by atoms with Gasteiger partial charge in [-0.2, -0.15) is 0 Å². The lowest BCUT2D eigenvalue weighted by Gasteiger charge is -2.10. The van der Waals surface area contributed by atoms with E-state index in [4.69, 9.17) is 0 Å². The lowest BCUT2D eigenvalue weighted by atomic mass is 10.1. The molecule has 0 bridgehead atoms. The molecule has 1 amide bonds. The molecule has 148 valence electrons. The molecule has 0 atom stereocenters. The summed E-state index contributed by atoms with van der Waals surface area (Å²) in [5.41, 5.74) is 3.16. The van der Waals surface area contributed by atoms with Crippen LogP contribution in [0.15, 0.2) is 59.8 Å². The molecule has 2 heterocycles. The van der Waals surface area contributed by atoms with Gasteiger partial charge >= 0.3 is 0 Å². The number of nitrogens with zero attached hydrogens (tertiary/aromatic N) is 2. The SMILES string of the molecule is CCS(=O)(=O)c1cccc(Nc2cc(Nc3ccc4c(c3)NC(=O)C4)ncn2)c1. The van der Waals surface area contributed by atoms with Gasteiger partial charge in [-0.1, -0.05) is 19.1 Å². The molecule has 0 aliphatic carbocycles. The number of anilines is 5. The third-order valence-electron chi connectivity index (χ3n) is 4.52. The van der Waals surface area contributed by atoms with Crippen LogP contribution in [-0.4, -0.2) is 30.0 Å². The maximum absolute atomic E-state index is 12.1. The Balaban J connectivity index is 1.52. The highest BCUT2D eigenvalue weighted by atomic mass is 32.2. The van der Waals surface area contributed by atoms with E-state index in [2.05, 4.69) is 25.9 Å². The summed E-state index contributed by atoms with van der Waals surface area (Å²) in [6.07, 6.45) is 1.80. The van der Waals surface area contributed by atoms with Gasteiger partial charge < -0.3 is 16.0 Å². The number of amides is 1. The van der Waals surface area contributed by atoms with Crippen molar-refractivity contribution in [2.24, 2.45) is 0 Å². The van der Waals surface area contributed by atoms with Crippen molar-refractivity contribution in [1.82, 2.24) is 9.97 Å². The van der Waals surface area contributed by atoms with Gasteiger partial charge in [0.15, 0.2) is 9.84 Å². The standard InChI is InChI=1S/C20H19N5O3S/c1-2-29(27,28)16-5-3-4-14(9-16)23-18-11-19(22-12-21-18)24-15-7-6-13-8-20(26)25-17(13)10-15/h3-7,9-12H,2,8H2,1H3,(H,25,26)(H2,21,22,23,24). The minimum atomic E-state index is -3.29. The van der Waals surface area contributed by atoms with Crippen molar-refractivity contribution < 1.29 is 13.2 Å².